The lowest BCUT2D eigenvalue weighted by atomic mass is 9.76. The van der Waals surface area contributed by atoms with Crippen LogP contribution in [0.4, 0.5) is 9.18 Å². The fraction of sp³-hybridized carbons (Fsp3) is 0.303. The number of hydrogen-bond acceptors (Lipinski definition) is 4. The minimum Gasteiger partial charge on any atom is -0.444 e. The smallest absolute Gasteiger partial charge is 0.408 e. The van der Waals surface area contributed by atoms with Crippen LogP contribution in [0.1, 0.15) is 56.5 Å². The Bertz CT molecular complexity index is 1340. The van der Waals surface area contributed by atoms with E-state index in [0.717, 1.165) is 16.7 Å². The van der Waals surface area contributed by atoms with Crippen molar-refractivity contribution in [2.45, 2.75) is 57.7 Å². The predicted octanol–water partition coefficient (Wildman–Crippen LogP) is 5.82. The Kier molecular flexibility index (Phi) is 9.22. The van der Waals surface area contributed by atoms with Gasteiger partial charge >= 0.3 is 6.09 Å². The summed E-state index contributed by atoms with van der Waals surface area (Å²) in [6.07, 6.45) is 1.50. The van der Waals surface area contributed by atoms with Crippen molar-refractivity contribution in [1.29, 1.82) is 0 Å². The highest BCUT2D eigenvalue weighted by Crippen LogP contribution is 2.41. The van der Waals surface area contributed by atoms with Crippen LogP contribution in [0.2, 0.25) is 0 Å². The van der Waals surface area contributed by atoms with Gasteiger partial charge in [-0.05, 0) is 57.2 Å². The minimum atomic E-state index is -0.990. The molecule has 0 saturated carbocycles. The first kappa shape index (κ1) is 29.5. The average molecular weight is 557 g/mol. The maximum Gasteiger partial charge on any atom is 0.408 e. The summed E-state index contributed by atoms with van der Waals surface area (Å²) in [5.41, 5.74) is 1.63. The molecule has 4 rings (SSSR count). The summed E-state index contributed by atoms with van der Waals surface area (Å²) in [6, 6.07) is 28.8. The van der Waals surface area contributed by atoms with Crippen LogP contribution < -0.4 is 10.6 Å². The lowest BCUT2D eigenvalue weighted by Gasteiger charge is -2.37. The Morgan fingerprint density at radius 2 is 1.37 bits per heavy atom. The number of amides is 2. The first-order valence-corrected chi connectivity index (χ1v) is 13.8. The average Bonchev–Trinajstić information content (AvgIpc) is 3.32. The molecule has 1 heterocycles. The Hall–Kier alpha value is -4.46. The molecule has 2 N–H and O–H groups in total. The molecule has 41 heavy (non-hydrogen) atoms. The number of nitrogens with one attached hydrogen (secondary N) is 2. The lowest BCUT2D eigenvalue weighted by molar-refractivity contribution is -0.122. The second kappa shape index (κ2) is 12.8. The first-order valence-electron chi connectivity index (χ1n) is 13.8. The number of alkyl carbamates (subject to hydrolysis) is 1. The molecule has 1 atom stereocenters. The topological polar surface area (TPSA) is 85.2 Å². The van der Waals surface area contributed by atoms with Crippen molar-refractivity contribution in [1.82, 2.24) is 20.2 Å². The molecule has 1 aromatic heterocycles. The van der Waals surface area contributed by atoms with Gasteiger partial charge in [-0.1, -0.05) is 91.0 Å². The van der Waals surface area contributed by atoms with Crippen molar-refractivity contribution in [2.24, 2.45) is 0 Å². The standard InChI is InChI=1S/C33H37FN4O3/c1-24(36-31(40)41-32(2,3)4)29(39)35-22-14-21-28-23-38(30(34)37-28)33(25-15-8-5-9-16-25,26-17-10-6-11-18-26)27-19-12-7-13-20-27/h5-13,15-20,23-24H,14,21-22H2,1-4H3,(H,35,39)(H,36,40)/t24-/m0/s1. The zero-order valence-electron chi connectivity index (χ0n) is 23.9. The second-order valence-electron chi connectivity index (χ2n) is 10.9. The first-order chi connectivity index (χ1) is 19.6. The highest BCUT2D eigenvalue weighted by Gasteiger charge is 2.40. The zero-order valence-corrected chi connectivity index (χ0v) is 23.9. The van der Waals surface area contributed by atoms with Crippen LogP contribution in [0, 0.1) is 6.08 Å². The Balaban J connectivity index is 1.54. The Morgan fingerprint density at radius 1 is 0.878 bits per heavy atom. The molecule has 4 aromatic rings. The molecule has 0 aliphatic rings. The molecular formula is C33H37FN4O3. The largest absolute Gasteiger partial charge is 0.444 e. The number of benzene rings is 3. The van der Waals surface area contributed by atoms with E-state index < -0.39 is 29.4 Å². The van der Waals surface area contributed by atoms with Gasteiger partial charge in [0.25, 0.3) is 6.08 Å². The molecule has 0 saturated heterocycles. The number of aromatic nitrogens is 2. The molecule has 0 aliphatic heterocycles. The number of carbonyl (C=O) groups excluding carboxylic acids is 2. The van der Waals surface area contributed by atoms with Crippen LogP contribution in [0.3, 0.4) is 0 Å². The lowest BCUT2D eigenvalue weighted by Crippen LogP contribution is -2.46. The van der Waals surface area contributed by atoms with Crippen LogP contribution in [0.25, 0.3) is 0 Å². The number of imidazole rings is 1. The van der Waals surface area contributed by atoms with Gasteiger partial charge in [0.15, 0.2) is 0 Å². The summed E-state index contributed by atoms with van der Waals surface area (Å²) in [6.45, 7) is 7.20. The molecular weight excluding hydrogens is 519 g/mol. The van der Waals surface area contributed by atoms with Gasteiger partial charge in [0.2, 0.25) is 5.91 Å². The summed E-state index contributed by atoms with van der Waals surface area (Å²) in [4.78, 5) is 28.7. The fourth-order valence-corrected chi connectivity index (χ4v) is 4.90. The predicted molar refractivity (Wildman–Crippen MR) is 157 cm³/mol. The van der Waals surface area contributed by atoms with E-state index in [2.05, 4.69) is 15.6 Å². The van der Waals surface area contributed by atoms with Crippen LogP contribution in [-0.4, -0.2) is 39.7 Å². The van der Waals surface area contributed by atoms with Crippen molar-refractivity contribution in [2.75, 3.05) is 6.54 Å². The van der Waals surface area contributed by atoms with E-state index in [1.807, 2.05) is 91.0 Å². The number of rotatable bonds is 10. The molecule has 0 radical (unpaired) electrons. The monoisotopic (exact) mass is 556 g/mol. The molecule has 214 valence electrons. The minimum absolute atomic E-state index is 0.330. The van der Waals surface area contributed by atoms with E-state index in [1.165, 1.54) is 0 Å². The van der Waals surface area contributed by atoms with Gasteiger partial charge in [0.1, 0.15) is 17.2 Å². The molecule has 3 aromatic carbocycles. The van der Waals surface area contributed by atoms with Crippen LogP contribution in [0.5, 0.6) is 0 Å². The second-order valence-corrected chi connectivity index (χ2v) is 10.9. The van der Waals surface area contributed by atoms with Crippen LogP contribution in [-0.2, 0) is 21.5 Å². The number of carbonyl (C=O) groups is 2. The van der Waals surface area contributed by atoms with Gasteiger partial charge in [-0.25, -0.2) is 9.78 Å². The fourth-order valence-electron chi connectivity index (χ4n) is 4.90. The third-order valence-electron chi connectivity index (χ3n) is 6.68. The normalized spacial score (nSPS) is 12.4. The molecule has 7 nitrogen and oxygen atoms in total. The van der Waals surface area contributed by atoms with Gasteiger partial charge in [-0.3, -0.25) is 9.36 Å². The number of hydrogen-bond donors (Lipinski definition) is 2. The molecule has 0 aliphatic carbocycles. The van der Waals surface area contributed by atoms with Gasteiger partial charge in [-0.2, -0.15) is 4.39 Å². The van der Waals surface area contributed by atoms with E-state index >= 15 is 4.39 Å². The van der Waals surface area contributed by atoms with E-state index in [0.29, 0.717) is 25.1 Å². The van der Waals surface area contributed by atoms with Crippen LogP contribution in [0.15, 0.2) is 97.2 Å². The van der Waals surface area contributed by atoms with Crippen LogP contribution >= 0.6 is 0 Å². The highest BCUT2D eigenvalue weighted by atomic mass is 19.1. The Labute approximate surface area is 240 Å². The quantitative estimate of drug-likeness (QED) is 0.190. The summed E-state index contributed by atoms with van der Waals surface area (Å²) in [7, 11) is 0. The zero-order chi connectivity index (χ0) is 29.5. The van der Waals surface area contributed by atoms with Gasteiger partial charge in [0, 0.05) is 12.7 Å². The van der Waals surface area contributed by atoms with Gasteiger partial charge in [-0.15, -0.1) is 0 Å². The third kappa shape index (κ3) is 7.01. The van der Waals surface area contributed by atoms with Crippen molar-refractivity contribution in [3.63, 3.8) is 0 Å². The molecule has 2 amide bonds. The maximum atomic E-state index is 15.9. The van der Waals surface area contributed by atoms with Gasteiger partial charge in [0.05, 0.1) is 5.69 Å². The number of nitrogens with zero attached hydrogens (tertiary/aromatic N) is 2. The SMILES string of the molecule is C[C@H](NC(=O)OC(C)(C)C)C(=O)NCCCc1cn(C(c2ccccc2)(c2ccccc2)c2ccccc2)c(F)n1. The van der Waals surface area contributed by atoms with E-state index in [4.69, 9.17) is 4.74 Å². The Morgan fingerprint density at radius 3 is 1.83 bits per heavy atom. The van der Waals surface area contributed by atoms with E-state index in [9.17, 15) is 9.59 Å². The summed E-state index contributed by atoms with van der Waals surface area (Å²) >= 11 is 0. The maximum absolute atomic E-state index is 15.9. The van der Waals surface area contributed by atoms with Crippen molar-refractivity contribution >= 4 is 12.0 Å². The summed E-state index contributed by atoms with van der Waals surface area (Å²) in [5.74, 6) is -0.330. The van der Waals surface area contributed by atoms with E-state index in [-0.39, 0.29) is 5.91 Å². The number of ether oxygens (including phenoxy) is 1. The van der Waals surface area contributed by atoms with Crippen molar-refractivity contribution in [3.8, 4) is 0 Å². The number of aryl methyl sites for hydroxylation is 1. The summed E-state index contributed by atoms with van der Waals surface area (Å²) < 4.78 is 22.7. The molecule has 0 fully saturated rings. The van der Waals surface area contributed by atoms with Crippen molar-refractivity contribution < 1.29 is 18.7 Å². The van der Waals surface area contributed by atoms with Crippen molar-refractivity contribution in [3.05, 3.63) is 126 Å². The summed E-state index contributed by atoms with van der Waals surface area (Å²) in [5, 5.41) is 5.34. The molecule has 0 spiro atoms. The highest BCUT2D eigenvalue weighted by molar-refractivity contribution is 5.85. The third-order valence-corrected chi connectivity index (χ3v) is 6.68. The number of halogens is 1. The molecule has 0 bridgehead atoms. The van der Waals surface area contributed by atoms with E-state index in [1.54, 1.807) is 38.5 Å². The molecule has 8 heteroatoms. The molecule has 0 unspecified atom stereocenters. The van der Waals surface area contributed by atoms with Gasteiger partial charge < -0.3 is 15.4 Å².